The summed E-state index contributed by atoms with van der Waals surface area (Å²) in [6.07, 6.45) is 4.89. The minimum absolute atomic E-state index is 0.118. The Morgan fingerprint density at radius 3 is 2.47 bits per heavy atom. The molecule has 2 fully saturated rings. The molecule has 0 unspecified atom stereocenters. The van der Waals surface area contributed by atoms with E-state index in [1.807, 2.05) is 25.7 Å². The quantitative estimate of drug-likeness (QED) is 0.680. The largest absolute Gasteiger partial charge is 0.494 e. The molecule has 1 aromatic rings. The zero-order valence-corrected chi connectivity index (χ0v) is 19.4. The maximum absolute atomic E-state index is 12.7. The monoisotopic (exact) mass is 411 g/mol. The van der Waals surface area contributed by atoms with Crippen LogP contribution in [-0.4, -0.2) is 47.5 Å². The number of nitrogens with zero attached hydrogens (tertiary/aromatic N) is 1. The molecule has 30 heavy (non-hydrogen) atoms. The molecule has 0 radical (unpaired) electrons. The van der Waals surface area contributed by atoms with Crippen LogP contribution in [0.5, 0.6) is 0 Å². The van der Waals surface area contributed by atoms with Crippen LogP contribution >= 0.6 is 0 Å². The molecule has 162 valence electrons. The fourth-order valence-corrected chi connectivity index (χ4v) is 4.42. The van der Waals surface area contributed by atoms with E-state index in [2.05, 4.69) is 52.0 Å². The molecule has 0 saturated carbocycles. The maximum Gasteiger partial charge on any atom is 0.494 e. The average molecular weight is 411 g/mol. The first kappa shape index (κ1) is 21.4. The number of rotatable bonds is 2. The van der Waals surface area contributed by atoms with E-state index in [0.717, 1.165) is 31.3 Å². The third-order valence-corrected chi connectivity index (χ3v) is 6.74. The zero-order valence-electron chi connectivity index (χ0n) is 19.4. The zero-order chi connectivity index (χ0) is 21.9. The first-order chi connectivity index (χ1) is 13.9. The Balaban J connectivity index is 1.49. The fraction of sp³-hybridized carbons (Fsp3) is 0.625. The Kier molecular flexibility index (Phi) is 5.10. The lowest BCUT2D eigenvalue weighted by Gasteiger charge is -2.32. The summed E-state index contributed by atoms with van der Waals surface area (Å²) in [7, 11) is -0.353. The lowest BCUT2D eigenvalue weighted by atomic mass is 9.78. The van der Waals surface area contributed by atoms with Crippen LogP contribution < -0.4 is 5.46 Å². The average Bonchev–Trinajstić information content (AvgIpc) is 3.28. The predicted octanol–water partition coefficient (Wildman–Crippen LogP) is 4.32. The first-order valence-corrected chi connectivity index (χ1v) is 11.0. The van der Waals surface area contributed by atoms with Crippen LogP contribution in [0.1, 0.15) is 72.4 Å². The molecule has 1 amide bonds. The summed E-state index contributed by atoms with van der Waals surface area (Å²) in [5, 5.41) is 0. The van der Waals surface area contributed by atoms with Gasteiger partial charge in [-0.25, -0.2) is 4.79 Å². The number of ether oxygens (including phenoxy) is 1. The minimum Gasteiger partial charge on any atom is -0.444 e. The molecule has 2 heterocycles. The lowest BCUT2D eigenvalue weighted by molar-refractivity contribution is 0.00578. The minimum atomic E-state index is -0.477. The van der Waals surface area contributed by atoms with Gasteiger partial charge in [-0.3, -0.25) is 0 Å². The second kappa shape index (κ2) is 7.13. The molecule has 5 nitrogen and oxygen atoms in total. The first-order valence-electron chi connectivity index (χ1n) is 11.0. The van der Waals surface area contributed by atoms with Crippen molar-refractivity contribution < 1.29 is 18.8 Å². The third-order valence-electron chi connectivity index (χ3n) is 6.74. The summed E-state index contributed by atoms with van der Waals surface area (Å²) in [5.41, 5.74) is 3.66. The van der Waals surface area contributed by atoms with Crippen molar-refractivity contribution in [2.45, 2.75) is 90.6 Å². The Labute approximate surface area is 180 Å². The predicted molar refractivity (Wildman–Crippen MR) is 120 cm³/mol. The summed E-state index contributed by atoms with van der Waals surface area (Å²) >= 11 is 0. The van der Waals surface area contributed by atoms with E-state index >= 15 is 0 Å². The van der Waals surface area contributed by atoms with Crippen LogP contribution in [0, 0.1) is 0 Å². The number of hydrogen-bond donors (Lipinski definition) is 0. The molecule has 1 aromatic carbocycles. The van der Waals surface area contributed by atoms with Crippen molar-refractivity contribution in [3.05, 3.63) is 34.9 Å². The molecule has 6 heteroatoms. The van der Waals surface area contributed by atoms with Gasteiger partial charge in [0, 0.05) is 6.54 Å². The number of likely N-dealkylation sites (tertiary alicyclic amines) is 1. The van der Waals surface area contributed by atoms with E-state index in [9.17, 15) is 4.79 Å². The third kappa shape index (κ3) is 3.92. The Hall–Kier alpha value is -1.79. The van der Waals surface area contributed by atoms with Crippen molar-refractivity contribution in [3.8, 4) is 0 Å². The van der Waals surface area contributed by atoms with Gasteiger partial charge in [-0.2, -0.15) is 0 Å². The van der Waals surface area contributed by atoms with Crippen LogP contribution in [0.4, 0.5) is 4.79 Å². The number of amides is 1. The molecule has 0 aromatic heterocycles. The molecule has 0 N–H and O–H groups in total. The van der Waals surface area contributed by atoms with Gasteiger partial charge in [0.25, 0.3) is 0 Å². The van der Waals surface area contributed by atoms with Gasteiger partial charge >= 0.3 is 13.2 Å². The number of fused-ring (bicyclic) bond motifs is 1. The molecule has 2 saturated heterocycles. The van der Waals surface area contributed by atoms with Crippen molar-refractivity contribution in [1.29, 1.82) is 0 Å². The van der Waals surface area contributed by atoms with Crippen LogP contribution in [0.2, 0.25) is 0 Å². The normalized spacial score (nSPS) is 24.8. The van der Waals surface area contributed by atoms with Crippen molar-refractivity contribution in [2.75, 3.05) is 6.54 Å². The highest BCUT2D eigenvalue weighted by Crippen LogP contribution is 2.38. The van der Waals surface area contributed by atoms with Gasteiger partial charge in [-0.15, -0.1) is 0 Å². The molecule has 4 rings (SSSR count). The van der Waals surface area contributed by atoms with Crippen LogP contribution in [0.15, 0.2) is 23.8 Å². The number of hydrogen-bond acceptors (Lipinski definition) is 4. The van der Waals surface area contributed by atoms with Crippen molar-refractivity contribution in [3.63, 3.8) is 0 Å². The highest BCUT2D eigenvalue weighted by Gasteiger charge is 2.51. The van der Waals surface area contributed by atoms with Gasteiger partial charge in [0.05, 0.1) is 17.2 Å². The molecular formula is C24H34BNO4. The molecule has 0 spiro atoms. The smallest absolute Gasteiger partial charge is 0.444 e. The van der Waals surface area contributed by atoms with Crippen molar-refractivity contribution >= 4 is 24.8 Å². The van der Waals surface area contributed by atoms with Crippen LogP contribution in [0.3, 0.4) is 0 Å². The van der Waals surface area contributed by atoms with Crippen molar-refractivity contribution in [1.82, 2.24) is 4.90 Å². The second-order valence-electron chi connectivity index (χ2n) is 10.8. The fourth-order valence-electron chi connectivity index (χ4n) is 4.42. The van der Waals surface area contributed by atoms with E-state index in [1.54, 1.807) is 0 Å². The standard InChI is InChI=1S/C24H34BNO4/c1-22(2,3)28-21(27)26-12-8-9-20(26)18-13-16-10-11-19(15-17(16)14-18)25-29-23(4,5)24(6,7)30-25/h10-11,13,15,20H,8-9,12,14H2,1-7H3/t20-/m0/s1. The van der Waals surface area contributed by atoms with E-state index in [0.29, 0.717) is 0 Å². The maximum atomic E-state index is 12.7. The van der Waals surface area contributed by atoms with Crippen molar-refractivity contribution in [2.24, 2.45) is 0 Å². The van der Waals surface area contributed by atoms with Gasteiger partial charge in [-0.05, 0) is 89.9 Å². The second-order valence-corrected chi connectivity index (χ2v) is 10.8. The molecule has 0 bridgehead atoms. The summed E-state index contributed by atoms with van der Waals surface area (Å²) < 4.78 is 18.1. The topological polar surface area (TPSA) is 48.0 Å². The molecular weight excluding hydrogens is 377 g/mol. The number of carbonyl (C=O) groups excluding carboxylic acids is 1. The molecule has 1 aliphatic carbocycles. The van der Waals surface area contributed by atoms with E-state index in [1.165, 1.54) is 16.7 Å². The van der Waals surface area contributed by atoms with Gasteiger partial charge in [-0.1, -0.05) is 24.3 Å². The number of carbonyl (C=O) groups is 1. The summed E-state index contributed by atoms with van der Waals surface area (Å²) in [5.74, 6) is 0. The van der Waals surface area contributed by atoms with E-state index < -0.39 is 5.60 Å². The summed E-state index contributed by atoms with van der Waals surface area (Å²) in [6, 6.07) is 6.57. The molecule has 2 aliphatic heterocycles. The summed E-state index contributed by atoms with van der Waals surface area (Å²) in [6.45, 7) is 14.8. The van der Waals surface area contributed by atoms with E-state index in [4.69, 9.17) is 14.0 Å². The Bertz CT molecular complexity index is 868. The highest BCUT2D eigenvalue weighted by molar-refractivity contribution is 6.62. The molecule has 3 aliphatic rings. The SMILES string of the molecule is CC(C)(C)OC(=O)N1CCC[C@H]1C1=Cc2ccc(B3OC(C)(C)C(C)(C)O3)cc2C1. The van der Waals surface area contributed by atoms with Crippen LogP contribution in [-0.2, 0) is 20.5 Å². The Morgan fingerprint density at radius 2 is 1.83 bits per heavy atom. The highest BCUT2D eigenvalue weighted by atomic mass is 16.7. The number of benzene rings is 1. The van der Waals surface area contributed by atoms with Gasteiger partial charge in [0.1, 0.15) is 5.60 Å². The van der Waals surface area contributed by atoms with Crippen LogP contribution in [0.25, 0.3) is 6.08 Å². The van der Waals surface area contributed by atoms with Gasteiger partial charge < -0.3 is 18.9 Å². The van der Waals surface area contributed by atoms with Gasteiger partial charge in [0.2, 0.25) is 0 Å². The van der Waals surface area contributed by atoms with E-state index in [-0.39, 0.29) is 30.5 Å². The summed E-state index contributed by atoms with van der Waals surface area (Å²) in [4.78, 5) is 14.6. The Morgan fingerprint density at radius 1 is 1.17 bits per heavy atom. The lowest BCUT2D eigenvalue weighted by Crippen LogP contribution is -2.41. The molecule has 1 atom stereocenters. The van der Waals surface area contributed by atoms with Gasteiger partial charge in [0.15, 0.2) is 0 Å².